The van der Waals surface area contributed by atoms with Gasteiger partial charge in [-0.05, 0) is 19.8 Å². The number of hydrogen-bond acceptors (Lipinski definition) is 5. The van der Waals surface area contributed by atoms with E-state index < -0.39 is 0 Å². The fraction of sp³-hybridized carbons (Fsp3) is 0.714. The number of nitrogens with one attached hydrogen (secondary N) is 1. The molecular weight excluding hydrogens is 158 g/mol. The maximum atomic E-state index is 8.49. The first kappa shape index (κ1) is 8.99. The van der Waals surface area contributed by atoms with Crippen LogP contribution in [0.1, 0.15) is 18.7 Å². The zero-order valence-electron chi connectivity index (χ0n) is 7.08. The summed E-state index contributed by atoms with van der Waals surface area (Å²) in [7, 11) is 0. The summed E-state index contributed by atoms with van der Waals surface area (Å²) in [5.74, 6) is 0.625. The van der Waals surface area contributed by atoms with E-state index in [2.05, 4.69) is 15.5 Å². The fourth-order valence-corrected chi connectivity index (χ4v) is 0.801. The molecule has 0 saturated heterocycles. The Kier molecular flexibility index (Phi) is 3.53. The molecule has 1 aromatic rings. The largest absolute Gasteiger partial charge is 0.396 e. The van der Waals surface area contributed by atoms with Crippen LogP contribution in [0.3, 0.4) is 0 Å². The zero-order chi connectivity index (χ0) is 8.81. The Hall–Kier alpha value is -1.10. The summed E-state index contributed by atoms with van der Waals surface area (Å²) < 4.78 is 4.81. The maximum Gasteiger partial charge on any atom is 0.321 e. The average Bonchev–Trinajstić information content (AvgIpc) is 2.45. The van der Waals surface area contributed by atoms with Gasteiger partial charge in [-0.3, -0.25) is 0 Å². The Balaban J connectivity index is 2.15. The highest BCUT2D eigenvalue weighted by molar-refractivity contribution is 5.17. The van der Waals surface area contributed by atoms with Gasteiger partial charge in [-0.15, -0.1) is 0 Å². The molecule has 5 heteroatoms. The van der Waals surface area contributed by atoms with Crippen LogP contribution < -0.4 is 5.32 Å². The van der Waals surface area contributed by atoms with Gasteiger partial charge in [0.15, 0.2) is 5.82 Å². The van der Waals surface area contributed by atoms with Gasteiger partial charge in [0.2, 0.25) is 0 Å². The Labute approximate surface area is 70.8 Å². The molecule has 0 fully saturated rings. The number of aromatic nitrogens is 2. The molecule has 0 aliphatic rings. The summed E-state index contributed by atoms with van der Waals surface area (Å²) in [6.07, 6.45) is 1.69. The first-order valence-corrected chi connectivity index (χ1v) is 3.98. The van der Waals surface area contributed by atoms with Crippen LogP contribution >= 0.6 is 0 Å². The maximum absolute atomic E-state index is 8.49. The van der Waals surface area contributed by atoms with Crippen molar-refractivity contribution in [3.63, 3.8) is 0 Å². The van der Waals surface area contributed by atoms with E-state index in [0.29, 0.717) is 11.8 Å². The molecule has 0 amide bonds. The lowest BCUT2D eigenvalue weighted by Gasteiger charge is -1.97. The molecule has 0 atom stereocenters. The predicted octanol–water partition coefficient (Wildman–Crippen LogP) is 0.562. The highest BCUT2D eigenvalue weighted by Gasteiger charge is 1.98. The Morgan fingerprint density at radius 1 is 1.50 bits per heavy atom. The number of nitrogens with zero attached hydrogens (tertiary/aromatic N) is 2. The minimum Gasteiger partial charge on any atom is -0.396 e. The van der Waals surface area contributed by atoms with Crippen molar-refractivity contribution in [1.82, 2.24) is 10.1 Å². The molecule has 0 spiro atoms. The zero-order valence-corrected chi connectivity index (χ0v) is 7.08. The van der Waals surface area contributed by atoms with Gasteiger partial charge < -0.3 is 14.9 Å². The predicted molar refractivity (Wildman–Crippen MR) is 43.8 cm³/mol. The molecule has 1 heterocycles. The monoisotopic (exact) mass is 171 g/mol. The molecule has 0 radical (unpaired) electrons. The molecule has 0 aromatic carbocycles. The van der Waals surface area contributed by atoms with Crippen molar-refractivity contribution >= 4 is 6.01 Å². The van der Waals surface area contributed by atoms with Crippen LogP contribution in [0.25, 0.3) is 0 Å². The van der Waals surface area contributed by atoms with Gasteiger partial charge in [-0.25, -0.2) is 0 Å². The third-order valence-corrected chi connectivity index (χ3v) is 1.39. The summed E-state index contributed by atoms with van der Waals surface area (Å²) >= 11 is 0. The van der Waals surface area contributed by atoms with E-state index in [1.54, 1.807) is 6.92 Å². The minimum atomic E-state index is 0.227. The van der Waals surface area contributed by atoms with Crippen LogP contribution in [0.5, 0.6) is 0 Å². The first-order chi connectivity index (χ1) is 5.83. The van der Waals surface area contributed by atoms with Crippen molar-refractivity contribution in [2.75, 3.05) is 18.5 Å². The van der Waals surface area contributed by atoms with Crippen LogP contribution in [0.2, 0.25) is 0 Å². The fourth-order valence-electron chi connectivity index (χ4n) is 0.801. The molecule has 0 unspecified atom stereocenters. The van der Waals surface area contributed by atoms with Crippen LogP contribution in [-0.4, -0.2) is 28.4 Å². The molecule has 0 aliphatic carbocycles. The first-order valence-electron chi connectivity index (χ1n) is 3.98. The quantitative estimate of drug-likeness (QED) is 0.633. The van der Waals surface area contributed by atoms with Gasteiger partial charge in [0.25, 0.3) is 0 Å². The number of anilines is 1. The summed E-state index contributed by atoms with van der Waals surface area (Å²) in [6.45, 7) is 2.75. The van der Waals surface area contributed by atoms with Crippen LogP contribution in [-0.2, 0) is 0 Å². The lowest BCUT2D eigenvalue weighted by Crippen LogP contribution is -2.02. The molecular formula is C7H13N3O2. The molecule has 0 saturated carbocycles. The van der Waals surface area contributed by atoms with E-state index in [0.717, 1.165) is 19.4 Å². The second-order valence-corrected chi connectivity index (χ2v) is 2.50. The molecule has 0 aliphatic heterocycles. The van der Waals surface area contributed by atoms with E-state index in [-0.39, 0.29) is 6.61 Å². The summed E-state index contributed by atoms with van der Waals surface area (Å²) in [4.78, 5) is 3.96. The van der Waals surface area contributed by atoms with Crippen LogP contribution in [0.15, 0.2) is 4.52 Å². The van der Waals surface area contributed by atoms with Crippen LogP contribution in [0.4, 0.5) is 6.01 Å². The van der Waals surface area contributed by atoms with Crippen molar-refractivity contribution in [1.29, 1.82) is 0 Å². The summed E-state index contributed by atoms with van der Waals surface area (Å²) in [5, 5.41) is 15.1. The van der Waals surface area contributed by atoms with E-state index in [4.69, 9.17) is 9.63 Å². The number of aliphatic hydroxyl groups excluding tert-OH is 1. The third kappa shape index (κ3) is 2.87. The van der Waals surface area contributed by atoms with Crippen molar-refractivity contribution in [2.45, 2.75) is 19.8 Å². The molecule has 2 N–H and O–H groups in total. The number of aryl methyl sites for hydroxylation is 1. The molecule has 0 bridgehead atoms. The van der Waals surface area contributed by atoms with Gasteiger partial charge >= 0.3 is 6.01 Å². The Bertz CT molecular complexity index is 224. The second-order valence-electron chi connectivity index (χ2n) is 2.50. The molecule has 5 nitrogen and oxygen atoms in total. The Morgan fingerprint density at radius 2 is 2.33 bits per heavy atom. The topological polar surface area (TPSA) is 71.2 Å². The smallest absolute Gasteiger partial charge is 0.321 e. The van der Waals surface area contributed by atoms with E-state index >= 15 is 0 Å². The van der Waals surface area contributed by atoms with Crippen molar-refractivity contribution in [3.05, 3.63) is 5.82 Å². The van der Waals surface area contributed by atoms with Gasteiger partial charge in [0.1, 0.15) is 0 Å². The highest BCUT2D eigenvalue weighted by atomic mass is 16.5. The standard InChI is InChI=1S/C7H13N3O2/c1-6-9-7(12-10-6)8-4-2-3-5-11/h11H,2-5H2,1H3,(H,8,9,10). The molecule has 1 rings (SSSR count). The number of aliphatic hydroxyl groups is 1. The summed E-state index contributed by atoms with van der Waals surface area (Å²) in [6, 6.07) is 0.449. The Morgan fingerprint density at radius 3 is 2.92 bits per heavy atom. The number of hydrogen-bond donors (Lipinski definition) is 2. The third-order valence-electron chi connectivity index (χ3n) is 1.39. The molecule has 12 heavy (non-hydrogen) atoms. The van der Waals surface area contributed by atoms with Gasteiger partial charge in [0.05, 0.1) is 0 Å². The molecule has 68 valence electrons. The molecule has 1 aromatic heterocycles. The summed E-state index contributed by atoms with van der Waals surface area (Å²) in [5.41, 5.74) is 0. The lowest BCUT2D eigenvalue weighted by molar-refractivity contribution is 0.286. The lowest BCUT2D eigenvalue weighted by atomic mass is 10.3. The van der Waals surface area contributed by atoms with Gasteiger partial charge in [0, 0.05) is 13.2 Å². The van der Waals surface area contributed by atoms with Crippen molar-refractivity contribution in [2.24, 2.45) is 0 Å². The average molecular weight is 171 g/mol. The second kappa shape index (κ2) is 4.71. The number of unbranched alkanes of at least 4 members (excludes halogenated alkanes) is 1. The number of rotatable bonds is 5. The van der Waals surface area contributed by atoms with E-state index in [1.807, 2.05) is 0 Å². The normalized spacial score (nSPS) is 10.2. The van der Waals surface area contributed by atoms with Gasteiger partial charge in [-0.1, -0.05) is 5.16 Å². The minimum absolute atomic E-state index is 0.227. The van der Waals surface area contributed by atoms with E-state index in [9.17, 15) is 0 Å². The van der Waals surface area contributed by atoms with Crippen molar-refractivity contribution in [3.8, 4) is 0 Å². The SMILES string of the molecule is Cc1noc(NCCCCO)n1. The van der Waals surface area contributed by atoms with Crippen LogP contribution in [0, 0.1) is 6.92 Å². The van der Waals surface area contributed by atoms with Crippen molar-refractivity contribution < 1.29 is 9.63 Å². The van der Waals surface area contributed by atoms with Gasteiger partial charge in [-0.2, -0.15) is 4.98 Å². The highest BCUT2D eigenvalue weighted by Crippen LogP contribution is 2.01. The van der Waals surface area contributed by atoms with E-state index in [1.165, 1.54) is 0 Å².